The van der Waals surface area contributed by atoms with Gasteiger partial charge in [-0.05, 0) is 48.2 Å². The predicted octanol–water partition coefficient (Wildman–Crippen LogP) is 5.70. The molecule has 1 atom stereocenters. The fourth-order valence-electron chi connectivity index (χ4n) is 2.25. The number of esters is 1. The lowest BCUT2D eigenvalue weighted by Gasteiger charge is -2.13. The summed E-state index contributed by atoms with van der Waals surface area (Å²) < 4.78 is 5.12. The predicted molar refractivity (Wildman–Crippen MR) is 110 cm³/mol. The average Bonchev–Trinajstić information content (AvgIpc) is 2.63. The molecule has 27 heavy (non-hydrogen) atoms. The van der Waals surface area contributed by atoms with Gasteiger partial charge in [0.05, 0.1) is 10.7 Å². The van der Waals surface area contributed by atoms with Crippen molar-refractivity contribution in [1.82, 2.24) is 0 Å². The summed E-state index contributed by atoms with van der Waals surface area (Å²) in [5, 5.41) is 3.37. The summed E-state index contributed by atoms with van der Waals surface area (Å²) in [6, 6.07) is 12.6. The van der Waals surface area contributed by atoms with Gasteiger partial charge in [-0.2, -0.15) is 0 Å². The maximum Gasteiger partial charge on any atom is 0.331 e. The van der Waals surface area contributed by atoms with Gasteiger partial charge < -0.3 is 10.1 Å². The molecule has 0 fully saturated rings. The molecule has 0 saturated carbocycles. The Bertz CT molecular complexity index is 845. The summed E-state index contributed by atoms with van der Waals surface area (Å²) in [5.74, 6) is -0.662. The second kappa shape index (κ2) is 9.58. The first-order valence-electron chi connectivity index (χ1n) is 8.51. The van der Waals surface area contributed by atoms with Crippen LogP contribution in [-0.2, 0) is 14.3 Å². The number of hydrogen-bond acceptors (Lipinski definition) is 3. The summed E-state index contributed by atoms with van der Waals surface area (Å²) in [5.41, 5.74) is 2.46. The SMILES string of the molecule is CC(OC(=O)C=Cc1ccc(C(C)C)cc1)C(=O)Nc1cc(Cl)ccc1Cl. The van der Waals surface area contributed by atoms with E-state index in [0.29, 0.717) is 21.7 Å². The van der Waals surface area contributed by atoms with Gasteiger partial charge in [-0.3, -0.25) is 4.79 Å². The van der Waals surface area contributed by atoms with E-state index >= 15 is 0 Å². The number of amides is 1. The molecule has 0 bridgehead atoms. The zero-order chi connectivity index (χ0) is 20.0. The first-order valence-corrected chi connectivity index (χ1v) is 9.26. The molecule has 0 heterocycles. The molecule has 0 aliphatic rings. The Kier molecular flexibility index (Phi) is 7.45. The fourth-order valence-corrected chi connectivity index (χ4v) is 2.59. The molecule has 0 radical (unpaired) electrons. The monoisotopic (exact) mass is 405 g/mol. The maximum atomic E-state index is 12.2. The Morgan fingerprint density at radius 1 is 1.04 bits per heavy atom. The van der Waals surface area contributed by atoms with Crippen LogP contribution < -0.4 is 5.32 Å². The van der Waals surface area contributed by atoms with E-state index in [9.17, 15) is 9.59 Å². The Labute approximate surface area is 169 Å². The van der Waals surface area contributed by atoms with E-state index in [4.69, 9.17) is 27.9 Å². The highest BCUT2D eigenvalue weighted by molar-refractivity contribution is 6.35. The third kappa shape index (κ3) is 6.42. The van der Waals surface area contributed by atoms with Crippen LogP contribution in [0.5, 0.6) is 0 Å². The molecule has 0 aromatic heterocycles. The zero-order valence-corrected chi connectivity index (χ0v) is 16.8. The van der Waals surface area contributed by atoms with Gasteiger partial charge in [0.2, 0.25) is 0 Å². The summed E-state index contributed by atoms with van der Waals surface area (Å²) >= 11 is 11.9. The molecule has 0 aliphatic carbocycles. The van der Waals surface area contributed by atoms with Gasteiger partial charge in [0.25, 0.3) is 5.91 Å². The molecule has 2 aromatic rings. The Morgan fingerprint density at radius 3 is 2.33 bits per heavy atom. The van der Waals surface area contributed by atoms with E-state index in [0.717, 1.165) is 5.56 Å². The number of ether oxygens (including phenoxy) is 1. The number of nitrogens with one attached hydrogen (secondary N) is 1. The van der Waals surface area contributed by atoms with Crippen LogP contribution in [0.2, 0.25) is 10.0 Å². The Balaban J connectivity index is 1.92. The molecule has 142 valence electrons. The number of hydrogen-bond donors (Lipinski definition) is 1. The van der Waals surface area contributed by atoms with Crippen molar-refractivity contribution in [1.29, 1.82) is 0 Å². The lowest BCUT2D eigenvalue weighted by Crippen LogP contribution is -2.29. The summed E-state index contributed by atoms with van der Waals surface area (Å²) in [7, 11) is 0. The third-order valence-electron chi connectivity index (χ3n) is 3.86. The third-order valence-corrected chi connectivity index (χ3v) is 4.43. The van der Waals surface area contributed by atoms with Crippen LogP contribution in [0, 0.1) is 0 Å². The van der Waals surface area contributed by atoms with Gasteiger partial charge in [-0.1, -0.05) is 61.3 Å². The number of carbonyl (C=O) groups is 2. The molecule has 2 aromatic carbocycles. The highest BCUT2D eigenvalue weighted by Gasteiger charge is 2.17. The molecule has 0 aliphatic heterocycles. The van der Waals surface area contributed by atoms with E-state index in [1.54, 1.807) is 18.2 Å². The second-order valence-electron chi connectivity index (χ2n) is 6.35. The van der Waals surface area contributed by atoms with Crippen LogP contribution in [0.1, 0.15) is 37.8 Å². The smallest absolute Gasteiger partial charge is 0.331 e. The van der Waals surface area contributed by atoms with Gasteiger partial charge in [-0.25, -0.2) is 4.79 Å². The molecule has 6 heteroatoms. The number of carbonyl (C=O) groups excluding carboxylic acids is 2. The summed E-state index contributed by atoms with van der Waals surface area (Å²) in [4.78, 5) is 24.1. The number of anilines is 1. The van der Waals surface area contributed by atoms with Crippen molar-refractivity contribution in [3.63, 3.8) is 0 Å². The van der Waals surface area contributed by atoms with Crippen molar-refractivity contribution in [2.75, 3.05) is 5.32 Å². The lowest BCUT2D eigenvalue weighted by atomic mass is 10.0. The second-order valence-corrected chi connectivity index (χ2v) is 7.19. The van der Waals surface area contributed by atoms with Crippen molar-refractivity contribution >= 4 is 46.8 Å². The van der Waals surface area contributed by atoms with Crippen molar-refractivity contribution < 1.29 is 14.3 Å². The van der Waals surface area contributed by atoms with Crippen molar-refractivity contribution in [3.05, 3.63) is 69.7 Å². The van der Waals surface area contributed by atoms with Crippen LogP contribution in [0.15, 0.2) is 48.5 Å². The van der Waals surface area contributed by atoms with Crippen LogP contribution in [0.3, 0.4) is 0 Å². The highest BCUT2D eigenvalue weighted by atomic mass is 35.5. The van der Waals surface area contributed by atoms with Crippen LogP contribution in [-0.4, -0.2) is 18.0 Å². The molecule has 1 unspecified atom stereocenters. The first kappa shape index (κ1) is 21.0. The van der Waals surface area contributed by atoms with Gasteiger partial charge in [0, 0.05) is 11.1 Å². The van der Waals surface area contributed by atoms with E-state index < -0.39 is 18.0 Å². The Hall–Kier alpha value is -2.30. The van der Waals surface area contributed by atoms with Crippen molar-refractivity contribution in [2.45, 2.75) is 32.8 Å². The maximum absolute atomic E-state index is 12.2. The topological polar surface area (TPSA) is 55.4 Å². The lowest BCUT2D eigenvalue weighted by molar-refractivity contribution is -0.148. The van der Waals surface area contributed by atoms with Crippen LogP contribution in [0.4, 0.5) is 5.69 Å². The minimum atomic E-state index is -0.986. The van der Waals surface area contributed by atoms with Crippen LogP contribution >= 0.6 is 23.2 Å². The minimum absolute atomic E-state index is 0.344. The van der Waals surface area contributed by atoms with E-state index in [1.807, 2.05) is 24.3 Å². The van der Waals surface area contributed by atoms with E-state index in [2.05, 4.69) is 19.2 Å². The number of rotatable bonds is 6. The van der Waals surface area contributed by atoms with Crippen molar-refractivity contribution in [2.24, 2.45) is 0 Å². The highest BCUT2D eigenvalue weighted by Crippen LogP contribution is 2.25. The summed E-state index contributed by atoms with van der Waals surface area (Å²) in [6.45, 7) is 5.72. The van der Waals surface area contributed by atoms with Crippen molar-refractivity contribution in [3.8, 4) is 0 Å². The van der Waals surface area contributed by atoms with Gasteiger partial charge in [0.1, 0.15) is 0 Å². The number of halogens is 2. The standard InChI is InChI=1S/C21H21Cl2NO3/c1-13(2)16-7-4-15(5-8-16)6-11-20(25)27-14(3)21(26)24-19-12-17(22)9-10-18(19)23/h4-14H,1-3H3,(H,24,26). The molecule has 1 N–H and O–H groups in total. The minimum Gasteiger partial charge on any atom is -0.449 e. The molecule has 1 amide bonds. The van der Waals surface area contributed by atoms with Crippen LogP contribution in [0.25, 0.3) is 6.08 Å². The molecule has 2 rings (SSSR count). The average molecular weight is 406 g/mol. The first-order chi connectivity index (χ1) is 12.8. The van der Waals surface area contributed by atoms with Gasteiger partial charge >= 0.3 is 5.97 Å². The fraction of sp³-hybridized carbons (Fsp3) is 0.238. The van der Waals surface area contributed by atoms with E-state index in [-0.39, 0.29) is 0 Å². The molecule has 4 nitrogen and oxygen atoms in total. The molecule has 0 saturated heterocycles. The van der Waals surface area contributed by atoms with Gasteiger partial charge in [-0.15, -0.1) is 0 Å². The zero-order valence-electron chi connectivity index (χ0n) is 15.3. The van der Waals surface area contributed by atoms with E-state index in [1.165, 1.54) is 24.6 Å². The Morgan fingerprint density at radius 2 is 1.70 bits per heavy atom. The van der Waals surface area contributed by atoms with Gasteiger partial charge in [0.15, 0.2) is 6.10 Å². The molecule has 0 spiro atoms. The largest absolute Gasteiger partial charge is 0.449 e. The number of benzene rings is 2. The molecular weight excluding hydrogens is 385 g/mol. The quantitative estimate of drug-likeness (QED) is 0.495. The molecular formula is C21H21Cl2NO3. The normalized spacial score (nSPS) is 12.2. The summed E-state index contributed by atoms with van der Waals surface area (Å²) in [6.07, 6.45) is 1.95.